The molecule has 2 aromatic rings. The van der Waals surface area contributed by atoms with Crippen LogP contribution in [0.15, 0.2) is 16.5 Å². The molecule has 1 atom stereocenters. The van der Waals surface area contributed by atoms with Crippen LogP contribution in [-0.4, -0.2) is 22.8 Å². The standard InChI is InChI=1S/C12H18N4OS/c1-8(7-10-4-3-9(2)18-10)14-12-16-15-11(17-12)5-6-13/h3-4,8H,5-7,13H2,1-2H3,(H,14,16). The van der Waals surface area contributed by atoms with E-state index in [0.29, 0.717) is 24.9 Å². The highest BCUT2D eigenvalue weighted by Crippen LogP contribution is 2.18. The van der Waals surface area contributed by atoms with Crippen molar-refractivity contribution in [2.75, 3.05) is 11.9 Å². The van der Waals surface area contributed by atoms with Crippen LogP contribution in [0.2, 0.25) is 0 Å². The van der Waals surface area contributed by atoms with Gasteiger partial charge >= 0.3 is 6.01 Å². The summed E-state index contributed by atoms with van der Waals surface area (Å²) in [5.74, 6) is 0.583. The Labute approximate surface area is 110 Å². The van der Waals surface area contributed by atoms with Crippen LogP contribution >= 0.6 is 11.3 Å². The first-order valence-electron chi connectivity index (χ1n) is 6.01. The number of nitrogens with two attached hydrogens (primary N) is 1. The number of aryl methyl sites for hydroxylation is 1. The molecule has 0 aliphatic carbocycles. The molecule has 2 aromatic heterocycles. The first-order valence-corrected chi connectivity index (χ1v) is 6.83. The molecule has 0 aromatic carbocycles. The predicted molar refractivity (Wildman–Crippen MR) is 72.9 cm³/mol. The fourth-order valence-electron chi connectivity index (χ4n) is 1.69. The molecule has 0 amide bonds. The lowest BCUT2D eigenvalue weighted by atomic mass is 10.2. The Morgan fingerprint density at radius 2 is 2.28 bits per heavy atom. The van der Waals surface area contributed by atoms with Crippen molar-refractivity contribution in [1.29, 1.82) is 0 Å². The van der Waals surface area contributed by atoms with Gasteiger partial charge in [-0.05, 0) is 26.0 Å². The van der Waals surface area contributed by atoms with E-state index in [0.717, 1.165) is 6.42 Å². The van der Waals surface area contributed by atoms with Crippen LogP contribution in [0.3, 0.4) is 0 Å². The number of hydrogen-bond donors (Lipinski definition) is 2. The summed E-state index contributed by atoms with van der Waals surface area (Å²) in [6, 6.07) is 5.03. The summed E-state index contributed by atoms with van der Waals surface area (Å²) in [7, 11) is 0. The van der Waals surface area contributed by atoms with E-state index in [1.807, 2.05) is 11.3 Å². The minimum Gasteiger partial charge on any atom is -0.408 e. The molecule has 0 fully saturated rings. The Morgan fingerprint density at radius 1 is 1.44 bits per heavy atom. The van der Waals surface area contributed by atoms with Gasteiger partial charge in [-0.3, -0.25) is 0 Å². The lowest BCUT2D eigenvalue weighted by molar-refractivity contribution is 0.500. The molecule has 0 aliphatic heterocycles. The van der Waals surface area contributed by atoms with E-state index >= 15 is 0 Å². The Hall–Kier alpha value is -1.40. The quantitative estimate of drug-likeness (QED) is 0.836. The molecular weight excluding hydrogens is 248 g/mol. The third-order valence-corrected chi connectivity index (χ3v) is 3.52. The van der Waals surface area contributed by atoms with Crippen LogP contribution in [0.25, 0.3) is 0 Å². The number of hydrogen-bond acceptors (Lipinski definition) is 6. The van der Waals surface area contributed by atoms with Crippen molar-refractivity contribution in [2.45, 2.75) is 32.7 Å². The molecule has 0 spiro atoms. The molecule has 0 aliphatic rings. The maximum Gasteiger partial charge on any atom is 0.315 e. The molecule has 3 N–H and O–H groups in total. The number of aromatic nitrogens is 2. The minimum absolute atomic E-state index is 0.259. The van der Waals surface area contributed by atoms with Crippen LogP contribution in [0.5, 0.6) is 0 Å². The largest absolute Gasteiger partial charge is 0.408 e. The average Bonchev–Trinajstić information content (AvgIpc) is 2.89. The lowest BCUT2D eigenvalue weighted by Gasteiger charge is -2.09. The topological polar surface area (TPSA) is 77.0 Å². The van der Waals surface area contributed by atoms with Crippen molar-refractivity contribution < 1.29 is 4.42 Å². The highest BCUT2D eigenvalue weighted by Gasteiger charge is 2.10. The van der Waals surface area contributed by atoms with E-state index < -0.39 is 0 Å². The van der Waals surface area contributed by atoms with Crippen LogP contribution in [0, 0.1) is 6.92 Å². The zero-order valence-corrected chi connectivity index (χ0v) is 11.5. The Kier molecular flexibility index (Phi) is 4.33. The first kappa shape index (κ1) is 13.0. The third kappa shape index (κ3) is 3.54. The fourth-order valence-corrected chi connectivity index (χ4v) is 2.71. The molecule has 0 saturated heterocycles. The van der Waals surface area contributed by atoms with Crippen LogP contribution < -0.4 is 11.1 Å². The van der Waals surface area contributed by atoms with E-state index in [2.05, 4.69) is 41.5 Å². The molecular formula is C12H18N4OS. The molecule has 0 saturated carbocycles. The van der Waals surface area contributed by atoms with Gasteiger partial charge in [-0.25, -0.2) is 0 Å². The molecule has 0 bridgehead atoms. The summed E-state index contributed by atoms with van der Waals surface area (Å²) in [6.45, 7) is 4.73. The molecule has 2 heterocycles. The van der Waals surface area contributed by atoms with Crippen LogP contribution in [-0.2, 0) is 12.8 Å². The molecule has 6 heteroatoms. The molecule has 18 heavy (non-hydrogen) atoms. The highest BCUT2D eigenvalue weighted by molar-refractivity contribution is 7.11. The van der Waals surface area contributed by atoms with Gasteiger partial charge in [0, 0.05) is 35.2 Å². The second-order valence-corrected chi connectivity index (χ2v) is 5.67. The van der Waals surface area contributed by atoms with Gasteiger partial charge in [0.1, 0.15) is 0 Å². The second-order valence-electron chi connectivity index (χ2n) is 4.30. The fraction of sp³-hybridized carbons (Fsp3) is 0.500. The van der Waals surface area contributed by atoms with E-state index in [4.69, 9.17) is 10.2 Å². The highest BCUT2D eigenvalue weighted by atomic mass is 32.1. The third-order valence-electron chi connectivity index (χ3n) is 2.50. The van der Waals surface area contributed by atoms with Crippen LogP contribution in [0.4, 0.5) is 6.01 Å². The molecule has 2 rings (SSSR count). The van der Waals surface area contributed by atoms with Gasteiger partial charge in [-0.15, -0.1) is 16.4 Å². The summed E-state index contributed by atoms with van der Waals surface area (Å²) in [6.07, 6.45) is 1.57. The summed E-state index contributed by atoms with van der Waals surface area (Å²) < 4.78 is 5.43. The lowest BCUT2D eigenvalue weighted by Crippen LogP contribution is -2.17. The number of rotatable bonds is 6. The first-order chi connectivity index (χ1) is 8.67. The molecule has 1 unspecified atom stereocenters. The molecule has 0 radical (unpaired) electrons. The SMILES string of the molecule is Cc1ccc(CC(C)Nc2nnc(CCN)o2)s1. The van der Waals surface area contributed by atoms with E-state index in [-0.39, 0.29) is 6.04 Å². The summed E-state index contributed by atoms with van der Waals surface area (Å²) in [5.41, 5.74) is 5.43. The maximum absolute atomic E-state index is 5.43. The van der Waals surface area contributed by atoms with Crippen molar-refractivity contribution in [3.63, 3.8) is 0 Å². The van der Waals surface area contributed by atoms with Crippen molar-refractivity contribution in [1.82, 2.24) is 10.2 Å². The van der Waals surface area contributed by atoms with Crippen molar-refractivity contribution >= 4 is 17.4 Å². The zero-order valence-electron chi connectivity index (χ0n) is 10.6. The van der Waals surface area contributed by atoms with Crippen molar-refractivity contribution in [3.8, 4) is 0 Å². The smallest absolute Gasteiger partial charge is 0.315 e. The van der Waals surface area contributed by atoms with Gasteiger partial charge in [0.25, 0.3) is 0 Å². The number of anilines is 1. The zero-order chi connectivity index (χ0) is 13.0. The Balaban J connectivity index is 1.88. The minimum atomic E-state index is 0.259. The van der Waals surface area contributed by atoms with Gasteiger partial charge in [0.2, 0.25) is 5.89 Å². The van der Waals surface area contributed by atoms with E-state index in [1.165, 1.54) is 9.75 Å². The van der Waals surface area contributed by atoms with Crippen molar-refractivity contribution in [3.05, 3.63) is 27.8 Å². The molecule has 5 nitrogen and oxygen atoms in total. The Bertz CT molecular complexity index is 494. The van der Waals surface area contributed by atoms with E-state index in [9.17, 15) is 0 Å². The van der Waals surface area contributed by atoms with Gasteiger partial charge in [-0.2, -0.15) is 0 Å². The second kappa shape index (κ2) is 5.97. The van der Waals surface area contributed by atoms with Crippen molar-refractivity contribution in [2.24, 2.45) is 5.73 Å². The Morgan fingerprint density at radius 3 is 2.94 bits per heavy atom. The van der Waals surface area contributed by atoms with Gasteiger partial charge in [0.05, 0.1) is 0 Å². The van der Waals surface area contributed by atoms with E-state index in [1.54, 1.807) is 0 Å². The van der Waals surface area contributed by atoms with Crippen LogP contribution in [0.1, 0.15) is 22.6 Å². The number of thiophene rings is 1. The van der Waals surface area contributed by atoms with Gasteiger partial charge in [0.15, 0.2) is 0 Å². The number of nitrogens with zero attached hydrogens (tertiary/aromatic N) is 2. The predicted octanol–water partition coefficient (Wildman–Crippen LogP) is 1.98. The van der Waals surface area contributed by atoms with Gasteiger partial charge < -0.3 is 15.5 Å². The normalized spacial score (nSPS) is 12.6. The summed E-state index contributed by atoms with van der Waals surface area (Å²) in [5, 5.41) is 11.1. The number of nitrogens with one attached hydrogen (secondary N) is 1. The summed E-state index contributed by atoms with van der Waals surface area (Å²) in [4.78, 5) is 2.69. The van der Waals surface area contributed by atoms with Gasteiger partial charge in [-0.1, -0.05) is 5.10 Å². The summed E-state index contributed by atoms with van der Waals surface area (Å²) >= 11 is 1.82. The molecule has 98 valence electrons. The maximum atomic E-state index is 5.43. The monoisotopic (exact) mass is 266 g/mol. The average molecular weight is 266 g/mol.